The van der Waals surface area contributed by atoms with Gasteiger partial charge in [0.1, 0.15) is 16.2 Å². The number of hydrogen-bond acceptors (Lipinski definition) is 7. The molecule has 0 saturated carbocycles. The maximum atomic E-state index is 13.8. The summed E-state index contributed by atoms with van der Waals surface area (Å²) in [6.45, 7) is 18.7. The Bertz CT molecular complexity index is 1390. The lowest BCUT2D eigenvalue weighted by Crippen LogP contribution is -2.42. The van der Waals surface area contributed by atoms with Crippen LogP contribution in [0.3, 0.4) is 0 Å². The number of nitrogens with zero attached hydrogens (tertiary/aromatic N) is 5. The molecule has 2 aromatic heterocycles. The van der Waals surface area contributed by atoms with E-state index in [1.54, 1.807) is 21.6 Å². The van der Waals surface area contributed by atoms with Gasteiger partial charge in [-0.3, -0.25) is 9.30 Å². The van der Waals surface area contributed by atoms with E-state index in [-0.39, 0.29) is 23.3 Å². The van der Waals surface area contributed by atoms with Crippen molar-refractivity contribution >= 4 is 35.4 Å². The van der Waals surface area contributed by atoms with Gasteiger partial charge in [-0.15, -0.1) is 11.8 Å². The minimum Gasteiger partial charge on any atom is -0.444 e. The van der Waals surface area contributed by atoms with Gasteiger partial charge in [-0.2, -0.15) is 0 Å². The Kier molecular flexibility index (Phi) is 9.45. The van der Waals surface area contributed by atoms with E-state index < -0.39 is 17.3 Å². The largest absolute Gasteiger partial charge is 0.444 e. The number of piperidine rings is 1. The molecule has 0 aliphatic carbocycles. The SMILES string of the molecule is CC(C)c1cnc2c(N(C(=O)OC(C)(C)C)[C@@H](C)c3ccccc3)nc(SC3CCN(C(=O)OC(C)(C)C)CC3)cn12. The predicted molar refractivity (Wildman–Crippen MR) is 167 cm³/mol. The number of amides is 2. The molecule has 1 aliphatic heterocycles. The third-order valence-corrected chi connectivity index (χ3v) is 8.18. The van der Waals surface area contributed by atoms with Gasteiger partial charge in [-0.25, -0.2) is 19.6 Å². The fourth-order valence-corrected chi connectivity index (χ4v) is 5.98. The number of thioether (sulfide) groups is 1. The van der Waals surface area contributed by atoms with Crippen molar-refractivity contribution in [2.45, 2.75) is 109 Å². The molecule has 3 heterocycles. The average molecular weight is 596 g/mol. The van der Waals surface area contributed by atoms with Gasteiger partial charge in [0.25, 0.3) is 0 Å². The van der Waals surface area contributed by atoms with Gasteiger partial charge >= 0.3 is 12.2 Å². The monoisotopic (exact) mass is 595 g/mol. The molecule has 42 heavy (non-hydrogen) atoms. The van der Waals surface area contributed by atoms with Crippen molar-refractivity contribution in [2.75, 3.05) is 18.0 Å². The molecule has 1 atom stereocenters. The number of imidazole rings is 1. The molecule has 0 N–H and O–H groups in total. The van der Waals surface area contributed by atoms with Crippen LogP contribution in [-0.4, -0.2) is 61.0 Å². The highest BCUT2D eigenvalue weighted by Gasteiger charge is 2.33. The van der Waals surface area contributed by atoms with Gasteiger partial charge in [0.05, 0.1) is 6.04 Å². The number of ether oxygens (including phenoxy) is 2. The van der Waals surface area contributed by atoms with Gasteiger partial charge < -0.3 is 14.4 Å². The first-order valence-corrected chi connectivity index (χ1v) is 15.6. The van der Waals surface area contributed by atoms with Gasteiger partial charge in [0, 0.05) is 36.4 Å². The highest BCUT2D eigenvalue weighted by Crippen LogP contribution is 2.36. The molecule has 2 amide bonds. The molecule has 9 nitrogen and oxygen atoms in total. The Morgan fingerprint density at radius 2 is 1.60 bits per heavy atom. The molecular formula is C32H45N5O4S. The minimum atomic E-state index is -0.686. The summed E-state index contributed by atoms with van der Waals surface area (Å²) in [7, 11) is 0. The average Bonchev–Trinajstić information content (AvgIpc) is 3.32. The van der Waals surface area contributed by atoms with E-state index >= 15 is 0 Å². The van der Waals surface area contributed by atoms with Gasteiger partial charge in [-0.1, -0.05) is 44.2 Å². The molecule has 1 aliphatic rings. The number of rotatable bonds is 6. The van der Waals surface area contributed by atoms with Crippen LogP contribution in [0.2, 0.25) is 0 Å². The third-order valence-electron chi connectivity index (χ3n) is 6.94. The van der Waals surface area contributed by atoms with Crippen molar-refractivity contribution in [3.05, 3.63) is 54.0 Å². The first-order chi connectivity index (χ1) is 19.6. The van der Waals surface area contributed by atoms with Gasteiger partial charge in [0.2, 0.25) is 0 Å². The van der Waals surface area contributed by atoms with Crippen LogP contribution in [0.4, 0.5) is 15.4 Å². The second kappa shape index (κ2) is 12.5. The number of anilines is 1. The molecule has 0 bridgehead atoms. The smallest absolute Gasteiger partial charge is 0.416 e. The second-order valence-electron chi connectivity index (χ2n) is 13.2. The van der Waals surface area contributed by atoms with Crippen molar-refractivity contribution in [2.24, 2.45) is 0 Å². The number of aromatic nitrogens is 3. The van der Waals surface area contributed by atoms with Crippen LogP contribution in [0.5, 0.6) is 0 Å². The summed E-state index contributed by atoms with van der Waals surface area (Å²) >= 11 is 1.68. The highest BCUT2D eigenvalue weighted by molar-refractivity contribution is 7.99. The summed E-state index contributed by atoms with van der Waals surface area (Å²) in [6.07, 6.45) is 4.77. The summed E-state index contributed by atoms with van der Waals surface area (Å²) in [5.74, 6) is 0.676. The number of fused-ring (bicyclic) bond motifs is 1. The van der Waals surface area contributed by atoms with Crippen LogP contribution in [-0.2, 0) is 9.47 Å². The fourth-order valence-electron chi connectivity index (χ4n) is 4.89. The quantitative estimate of drug-likeness (QED) is 0.287. The number of carbonyl (C=O) groups excluding carboxylic acids is 2. The van der Waals surface area contributed by atoms with Crippen molar-refractivity contribution in [1.82, 2.24) is 19.3 Å². The zero-order valence-corrected chi connectivity index (χ0v) is 27.2. The first kappa shape index (κ1) is 31.7. The Morgan fingerprint density at radius 1 is 0.976 bits per heavy atom. The number of hydrogen-bond donors (Lipinski definition) is 0. The summed E-state index contributed by atoms with van der Waals surface area (Å²) in [4.78, 5) is 39.6. The van der Waals surface area contributed by atoms with Gasteiger partial charge in [-0.05, 0) is 72.8 Å². The zero-order valence-electron chi connectivity index (χ0n) is 26.4. The van der Waals surface area contributed by atoms with E-state index in [0.29, 0.717) is 24.6 Å². The molecule has 10 heteroatoms. The molecule has 0 unspecified atom stereocenters. The summed E-state index contributed by atoms with van der Waals surface area (Å²) in [6, 6.07) is 9.53. The zero-order chi connectivity index (χ0) is 30.8. The van der Waals surface area contributed by atoms with Crippen molar-refractivity contribution < 1.29 is 19.1 Å². The fraction of sp³-hybridized carbons (Fsp3) is 0.562. The molecule has 3 aromatic rings. The predicted octanol–water partition coefficient (Wildman–Crippen LogP) is 7.85. The van der Waals surface area contributed by atoms with Crippen molar-refractivity contribution in [3.63, 3.8) is 0 Å². The van der Waals surface area contributed by atoms with Crippen molar-refractivity contribution in [3.8, 4) is 0 Å². The molecular weight excluding hydrogens is 550 g/mol. The summed E-state index contributed by atoms with van der Waals surface area (Å²) < 4.78 is 13.5. The second-order valence-corrected chi connectivity index (χ2v) is 14.5. The topological polar surface area (TPSA) is 89.3 Å². The van der Waals surface area contributed by atoms with Crippen LogP contribution >= 0.6 is 11.8 Å². The molecule has 0 spiro atoms. The Morgan fingerprint density at radius 3 is 2.17 bits per heavy atom. The Balaban J connectivity index is 1.70. The normalized spacial score (nSPS) is 15.6. The van der Waals surface area contributed by atoms with Crippen molar-refractivity contribution in [1.29, 1.82) is 0 Å². The molecule has 1 saturated heterocycles. The van der Waals surface area contributed by atoms with Crippen LogP contribution in [0.15, 0.2) is 47.8 Å². The molecule has 1 aromatic carbocycles. The standard InChI is InChI=1S/C32H45N5O4S/c1-21(2)25-19-33-27-28(37(30(39)41-32(7,8)9)22(3)23-13-11-10-12-14-23)34-26(20-36(25)27)42-24-15-17-35(18-16-24)29(38)40-31(4,5)6/h10-14,19-22,24H,15-18H2,1-9H3/t22-/m0/s1. The lowest BCUT2D eigenvalue weighted by molar-refractivity contribution is 0.0219. The highest BCUT2D eigenvalue weighted by atomic mass is 32.2. The Labute approximate surface area is 254 Å². The van der Waals surface area contributed by atoms with Crippen LogP contribution < -0.4 is 4.90 Å². The first-order valence-electron chi connectivity index (χ1n) is 14.7. The number of likely N-dealkylation sites (tertiary alicyclic amines) is 1. The van der Waals surface area contributed by atoms with E-state index in [2.05, 4.69) is 18.2 Å². The van der Waals surface area contributed by atoms with E-state index in [4.69, 9.17) is 19.4 Å². The van der Waals surface area contributed by atoms with E-state index in [9.17, 15) is 9.59 Å². The summed E-state index contributed by atoms with van der Waals surface area (Å²) in [5.41, 5.74) is 1.40. The maximum absolute atomic E-state index is 13.8. The van der Waals surface area contributed by atoms with E-state index in [1.165, 1.54) is 0 Å². The van der Waals surface area contributed by atoms with Crippen LogP contribution in [0, 0.1) is 0 Å². The molecule has 4 rings (SSSR count). The maximum Gasteiger partial charge on any atom is 0.416 e. The Hall–Kier alpha value is -3.27. The van der Waals surface area contributed by atoms with Crippen LogP contribution in [0.1, 0.15) is 98.4 Å². The van der Waals surface area contributed by atoms with E-state index in [0.717, 1.165) is 29.1 Å². The number of benzene rings is 1. The van der Waals surface area contributed by atoms with Crippen LogP contribution in [0.25, 0.3) is 5.65 Å². The molecule has 1 fully saturated rings. The molecule has 228 valence electrons. The molecule has 0 radical (unpaired) electrons. The minimum absolute atomic E-state index is 0.215. The summed E-state index contributed by atoms with van der Waals surface area (Å²) in [5, 5.41) is 1.05. The lowest BCUT2D eigenvalue weighted by atomic mass is 10.1. The van der Waals surface area contributed by atoms with E-state index in [1.807, 2.05) is 91.2 Å². The third kappa shape index (κ3) is 7.76. The number of carbonyl (C=O) groups is 2. The van der Waals surface area contributed by atoms with Gasteiger partial charge in [0.15, 0.2) is 11.5 Å². The lowest BCUT2D eigenvalue weighted by Gasteiger charge is -2.33.